The molecule has 1 aliphatic rings. The number of amides is 3. The van der Waals surface area contributed by atoms with Gasteiger partial charge in [-0.25, -0.2) is 9.88 Å². The number of para-hydroxylation sites is 1. The van der Waals surface area contributed by atoms with Crippen LogP contribution in [0.15, 0.2) is 48.5 Å². The molecule has 0 radical (unpaired) electrons. The van der Waals surface area contributed by atoms with Gasteiger partial charge in [0.15, 0.2) is 5.13 Å². The maximum absolute atomic E-state index is 12.4. The molecule has 0 atom stereocenters. The molecule has 3 aromatic rings. The quantitative estimate of drug-likeness (QED) is 0.735. The first kappa shape index (κ1) is 15.5. The topological polar surface area (TPSA) is 79.4 Å². The number of fused-ring (bicyclic) bond motifs is 1. The van der Waals surface area contributed by atoms with E-state index in [1.165, 1.54) is 11.3 Å². The molecule has 4 rings (SSSR count). The summed E-state index contributed by atoms with van der Waals surface area (Å²) in [7, 11) is 0. The van der Waals surface area contributed by atoms with Gasteiger partial charge in [0, 0.05) is 24.1 Å². The van der Waals surface area contributed by atoms with Crippen molar-refractivity contribution in [1.82, 2.24) is 4.98 Å². The van der Waals surface area contributed by atoms with Crippen molar-refractivity contribution in [3.8, 4) is 0 Å². The monoisotopic (exact) mass is 351 g/mol. The summed E-state index contributed by atoms with van der Waals surface area (Å²) in [6.45, 7) is 0. The molecule has 7 heteroatoms. The van der Waals surface area contributed by atoms with Gasteiger partial charge in [-0.05, 0) is 30.3 Å². The first-order valence-corrected chi connectivity index (χ1v) is 8.56. The van der Waals surface area contributed by atoms with E-state index in [0.717, 1.165) is 9.60 Å². The van der Waals surface area contributed by atoms with Gasteiger partial charge in [0.2, 0.25) is 11.8 Å². The summed E-state index contributed by atoms with van der Waals surface area (Å²) in [5.74, 6) is -0.687. The molecule has 0 unspecified atom stereocenters. The number of carbonyl (C=O) groups is 3. The Kier molecular flexibility index (Phi) is 3.77. The molecule has 3 amide bonds. The Bertz CT molecular complexity index is 981. The second-order valence-corrected chi connectivity index (χ2v) is 6.63. The molecule has 2 aromatic carbocycles. The van der Waals surface area contributed by atoms with Crippen molar-refractivity contribution in [3.05, 3.63) is 54.1 Å². The SMILES string of the molecule is O=C(Nc1ccccc1)c1ccc2nc(N3C(=O)CCC3=O)sc2c1. The highest BCUT2D eigenvalue weighted by atomic mass is 32.1. The maximum Gasteiger partial charge on any atom is 0.255 e. The number of aromatic nitrogens is 1. The van der Waals surface area contributed by atoms with Crippen LogP contribution in [0, 0.1) is 0 Å². The first-order chi connectivity index (χ1) is 12.1. The minimum Gasteiger partial charge on any atom is -0.322 e. The van der Waals surface area contributed by atoms with Crippen LogP contribution < -0.4 is 10.2 Å². The van der Waals surface area contributed by atoms with Crippen molar-refractivity contribution >= 4 is 50.1 Å². The van der Waals surface area contributed by atoms with Crippen LogP contribution in [0.1, 0.15) is 23.2 Å². The summed E-state index contributed by atoms with van der Waals surface area (Å²) in [6, 6.07) is 14.3. The normalized spacial score (nSPS) is 14.3. The Morgan fingerprint density at radius 3 is 2.48 bits per heavy atom. The lowest BCUT2D eigenvalue weighted by Gasteiger charge is -2.07. The number of hydrogen-bond acceptors (Lipinski definition) is 5. The smallest absolute Gasteiger partial charge is 0.255 e. The number of nitrogens with one attached hydrogen (secondary N) is 1. The number of nitrogens with zero attached hydrogens (tertiary/aromatic N) is 2. The number of rotatable bonds is 3. The predicted octanol–water partition coefficient (Wildman–Crippen LogP) is 3.20. The number of carbonyl (C=O) groups excluding carboxylic acids is 3. The van der Waals surface area contributed by atoms with Gasteiger partial charge in [0.25, 0.3) is 5.91 Å². The van der Waals surface area contributed by atoms with Crippen LogP contribution >= 0.6 is 11.3 Å². The third-order valence-electron chi connectivity index (χ3n) is 3.91. The van der Waals surface area contributed by atoms with Gasteiger partial charge in [0.05, 0.1) is 10.2 Å². The van der Waals surface area contributed by atoms with Gasteiger partial charge in [-0.3, -0.25) is 14.4 Å². The molecular formula is C18H13N3O3S. The molecule has 124 valence electrons. The highest BCUT2D eigenvalue weighted by Gasteiger charge is 2.32. The standard InChI is InChI=1S/C18H13N3O3S/c22-15-8-9-16(23)21(15)18-20-13-7-6-11(10-14(13)25-18)17(24)19-12-4-2-1-3-5-12/h1-7,10H,8-9H2,(H,19,24). The summed E-state index contributed by atoms with van der Waals surface area (Å²) in [4.78, 5) is 41.6. The van der Waals surface area contributed by atoms with Crippen molar-refractivity contribution < 1.29 is 14.4 Å². The summed E-state index contributed by atoms with van der Waals surface area (Å²) in [6.07, 6.45) is 0.443. The number of anilines is 2. The van der Waals surface area contributed by atoms with Crippen molar-refractivity contribution in [2.75, 3.05) is 10.2 Å². The van der Waals surface area contributed by atoms with Crippen LogP contribution in [0.4, 0.5) is 10.8 Å². The highest BCUT2D eigenvalue weighted by molar-refractivity contribution is 7.22. The van der Waals surface area contributed by atoms with Crippen molar-refractivity contribution in [2.45, 2.75) is 12.8 Å². The minimum atomic E-state index is -0.230. The van der Waals surface area contributed by atoms with Crippen LogP contribution in [0.5, 0.6) is 0 Å². The fraction of sp³-hybridized carbons (Fsp3) is 0.111. The predicted molar refractivity (Wildman–Crippen MR) is 95.7 cm³/mol. The fourth-order valence-electron chi connectivity index (χ4n) is 2.66. The van der Waals surface area contributed by atoms with Crippen molar-refractivity contribution in [3.63, 3.8) is 0 Å². The van der Waals surface area contributed by atoms with Crippen LogP contribution in [0.3, 0.4) is 0 Å². The van der Waals surface area contributed by atoms with Crippen LogP contribution in [0.2, 0.25) is 0 Å². The van der Waals surface area contributed by atoms with Crippen molar-refractivity contribution in [1.29, 1.82) is 0 Å². The molecule has 1 fully saturated rings. The molecule has 25 heavy (non-hydrogen) atoms. The Morgan fingerprint density at radius 2 is 1.76 bits per heavy atom. The molecule has 0 saturated carbocycles. The lowest BCUT2D eigenvalue weighted by molar-refractivity contribution is -0.121. The van der Waals surface area contributed by atoms with E-state index in [1.807, 2.05) is 30.3 Å². The van der Waals surface area contributed by atoms with Gasteiger partial charge in [-0.2, -0.15) is 0 Å². The van der Waals surface area contributed by atoms with E-state index in [2.05, 4.69) is 10.3 Å². The second kappa shape index (κ2) is 6.10. The maximum atomic E-state index is 12.4. The van der Waals surface area contributed by atoms with Crippen LogP contribution in [-0.2, 0) is 9.59 Å². The minimum absolute atomic E-state index is 0.222. The third kappa shape index (κ3) is 2.89. The Morgan fingerprint density at radius 1 is 1.04 bits per heavy atom. The molecule has 1 aromatic heterocycles. The van der Waals surface area contributed by atoms with Gasteiger partial charge in [0.1, 0.15) is 0 Å². The highest BCUT2D eigenvalue weighted by Crippen LogP contribution is 2.32. The summed E-state index contributed by atoms with van der Waals surface area (Å²) >= 11 is 1.23. The van der Waals surface area contributed by atoms with E-state index in [-0.39, 0.29) is 30.6 Å². The molecule has 1 aliphatic heterocycles. The van der Waals surface area contributed by atoms with E-state index in [9.17, 15) is 14.4 Å². The summed E-state index contributed by atoms with van der Waals surface area (Å²) in [5.41, 5.74) is 1.86. The van der Waals surface area contributed by atoms with Gasteiger partial charge in [-0.1, -0.05) is 29.5 Å². The van der Waals surface area contributed by atoms with Gasteiger partial charge < -0.3 is 5.32 Å². The van der Waals surface area contributed by atoms with E-state index in [1.54, 1.807) is 18.2 Å². The van der Waals surface area contributed by atoms with E-state index < -0.39 is 0 Å². The lowest BCUT2D eigenvalue weighted by atomic mass is 10.2. The van der Waals surface area contributed by atoms with Crippen molar-refractivity contribution in [2.24, 2.45) is 0 Å². The average Bonchev–Trinajstić information content (AvgIpc) is 3.17. The third-order valence-corrected chi connectivity index (χ3v) is 4.92. The largest absolute Gasteiger partial charge is 0.322 e. The molecular weight excluding hydrogens is 338 g/mol. The Hall–Kier alpha value is -3.06. The fourth-order valence-corrected chi connectivity index (χ4v) is 3.70. The number of hydrogen-bond donors (Lipinski definition) is 1. The summed E-state index contributed by atoms with van der Waals surface area (Å²) in [5, 5.41) is 3.19. The zero-order valence-electron chi connectivity index (χ0n) is 13.1. The molecule has 0 aliphatic carbocycles. The van der Waals surface area contributed by atoms with E-state index >= 15 is 0 Å². The average molecular weight is 351 g/mol. The van der Waals surface area contributed by atoms with E-state index in [0.29, 0.717) is 21.9 Å². The molecule has 1 saturated heterocycles. The number of thiazole rings is 1. The Balaban J connectivity index is 1.63. The molecule has 6 nitrogen and oxygen atoms in total. The second-order valence-electron chi connectivity index (χ2n) is 5.62. The summed E-state index contributed by atoms with van der Waals surface area (Å²) < 4.78 is 0.753. The van der Waals surface area contributed by atoms with Crippen LogP contribution in [-0.4, -0.2) is 22.7 Å². The molecule has 0 bridgehead atoms. The molecule has 2 heterocycles. The first-order valence-electron chi connectivity index (χ1n) is 7.74. The molecule has 1 N–H and O–H groups in total. The molecule has 0 spiro atoms. The zero-order chi connectivity index (χ0) is 17.4. The van der Waals surface area contributed by atoms with Gasteiger partial charge in [-0.15, -0.1) is 0 Å². The lowest BCUT2D eigenvalue weighted by Crippen LogP contribution is -2.28. The zero-order valence-corrected chi connectivity index (χ0v) is 13.9. The Labute approximate surface area is 147 Å². The van der Waals surface area contributed by atoms with Gasteiger partial charge >= 0.3 is 0 Å². The van der Waals surface area contributed by atoms with Crippen LogP contribution in [0.25, 0.3) is 10.2 Å². The number of benzene rings is 2. The van der Waals surface area contributed by atoms with E-state index in [4.69, 9.17) is 0 Å². The number of imide groups is 1.